The molecule has 3 N–H and O–H groups in total. The van der Waals surface area contributed by atoms with Gasteiger partial charge in [0, 0.05) is 18.3 Å². The number of thiazole rings is 1. The monoisotopic (exact) mass is 478 g/mol. The zero-order valence-electron chi connectivity index (χ0n) is 18.5. The Morgan fingerprint density at radius 1 is 1.26 bits per heavy atom. The Morgan fingerprint density at radius 3 is 2.74 bits per heavy atom. The second-order valence-electron chi connectivity index (χ2n) is 7.63. The Labute approximate surface area is 197 Å². The van der Waals surface area contributed by atoms with E-state index < -0.39 is 11.2 Å². The molecule has 0 spiro atoms. The van der Waals surface area contributed by atoms with Crippen LogP contribution < -0.4 is 26.7 Å². The second kappa shape index (κ2) is 8.67. The molecule has 11 heteroatoms. The topological polar surface area (TPSA) is 132 Å². The smallest absolute Gasteiger partial charge is 0.329 e. The molecule has 5 rings (SSSR count). The van der Waals surface area contributed by atoms with Crippen molar-refractivity contribution in [1.29, 1.82) is 0 Å². The van der Waals surface area contributed by atoms with Gasteiger partial charge in [-0.15, -0.1) is 11.3 Å². The molecule has 0 radical (unpaired) electrons. The maximum absolute atomic E-state index is 12.5. The zero-order valence-corrected chi connectivity index (χ0v) is 19.3. The first kappa shape index (κ1) is 21.7. The predicted molar refractivity (Wildman–Crippen MR) is 131 cm³/mol. The van der Waals surface area contributed by atoms with Crippen molar-refractivity contribution in [2.45, 2.75) is 25.9 Å². The summed E-state index contributed by atoms with van der Waals surface area (Å²) in [5.41, 5.74) is 7.42. The van der Waals surface area contributed by atoms with Crippen LogP contribution >= 0.6 is 11.3 Å². The van der Waals surface area contributed by atoms with E-state index in [1.54, 1.807) is 30.7 Å². The average Bonchev–Trinajstić information content (AvgIpc) is 3.59. The molecule has 0 aliphatic carbocycles. The summed E-state index contributed by atoms with van der Waals surface area (Å²) in [5, 5.41) is 8.96. The number of H-pyrrole nitrogens is 1. The SMILES string of the molecule is CCn1c(N)c(-c2csc(N3N=C(c4ccc(OC)cc4)C[C@@H]3c3ccco3)n2)c(=O)[nH]c1=O. The first-order valence-electron chi connectivity index (χ1n) is 10.6. The highest BCUT2D eigenvalue weighted by molar-refractivity contribution is 7.14. The van der Waals surface area contributed by atoms with Gasteiger partial charge in [-0.3, -0.25) is 14.3 Å². The van der Waals surface area contributed by atoms with Crippen LogP contribution in [-0.4, -0.2) is 27.4 Å². The Morgan fingerprint density at radius 2 is 2.06 bits per heavy atom. The van der Waals surface area contributed by atoms with Gasteiger partial charge in [-0.2, -0.15) is 5.10 Å². The number of nitrogens with two attached hydrogens (primary N) is 1. The third kappa shape index (κ3) is 3.69. The lowest BCUT2D eigenvalue weighted by molar-refractivity contribution is 0.415. The number of benzene rings is 1. The van der Waals surface area contributed by atoms with Crippen LogP contribution in [0.3, 0.4) is 0 Å². The highest BCUT2D eigenvalue weighted by Gasteiger charge is 2.34. The number of hydrazone groups is 1. The molecule has 1 atom stereocenters. The maximum Gasteiger partial charge on any atom is 0.329 e. The molecule has 1 aliphatic rings. The quantitative estimate of drug-likeness (QED) is 0.435. The van der Waals surface area contributed by atoms with Crippen LogP contribution in [-0.2, 0) is 6.54 Å². The van der Waals surface area contributed by atoms with E-state index >= 15 is 0 Å². The molecule has 0 fully saturated rings. The van der Waals surface area contributed by atoms with Crippen molar-refractivity contribution in [3.8, 4) is 17.0 Å². The lowest BCUT2D eigenvalue weighted by Crippen LogP contribution is -2.33. The number of hydrogen-bond donors (Lipinski definition) is 2. The van der Waals surface area contributed by atoms with Crippen LogP contribution in [0.1, 0.15) is 30.7 Å². The van der Waals surface area contributed by atoms with Crippen LogP contribution in [0.2, 0.25) is 0 Å². The summed E-state index contributed by atoms with van der Waals surface area (Å²) in [4.78, 5) is 31.6. The van der Waals surface area contributed by atoms with E-state index in [0.29, 0.717) is 23.8 Å². The third-order valence-corrected chi connectivity index (χ3v) is 6.54. The molecule has 0 unspecified atom stereocenters. The van der Waals surface area contributed by atoms with Gasteiger partial charge in [0.25, 0.3) is 5.56 Å². The molecule has 0 bridgehead atoms. The molecule has 0 saturated carbocycles. The van der Waals surface area contributed by atoms with Crippen molar-refractivity contribution in [2.75, 3.05) is 17.9 Å². The first-order valence-corrected chi connectivity index (χ1v) is 11.5. The molecule has 3 aromatic heterocycles. The number of nitrogens with zero attached hydrogens (tertiary/aromatic N) is 4. The molecule has 0 saturated heterocycles. The number of nitrogens with one attached hydrogen (secondary N) is 1. The fourth-order valence-corrected chi connectivity index (χ4v) is 4.80. The van der Waals surface area contributed by atoms with E-state index in [1.165, 1.54) is 15.9 Å². The number of ether oxygens (including phenoxy) is 1. The fraction of sp³-hybridized carbons (Fsp3) is 0.217. The highest BCUT2D eigenvalue weighted by Crippen LogP contribution is 2.39. The number of rotatable bonds is 6. The van der Waals surface area contributed by atoms with E-state index in [-0.39, 0.29) is 17.4 Å². The summed E-state index contributed by atoms with van der Waals surface area (Å²) in [6, 6.07) is 11.2. The largest absolute Gasteiger partial charge is 0.497 e. The van der Waals surface area contributed by atoms with E-state index in [9.17, 15) is 9.59 Å². The molecule has 0 amide bonds. The summed E-state index contributed by atoms with van der Waals surface area (Å²) in [5.74, 6) is 1.60. The van der Waals surface area contributed by atoms with Crippen molar-refractivity contribution in [3.63, 3.8) is 0 Å². The molecular weight excluding hydrogens is 456 g/mol. The predicted octanol–water partition coefficient (Wildman–Crippen LogP) is 3.22. The molecule has 34 heavy (non-hydrogen) atoms. The number of methoxy groups -OCH3 is 1. The van der Waals surface area contributed by atoms with Gasteiger partial charge in [-0.25, -0.2) is 14.8 Å². The Bertz CT molecular complexity index is 1470. The Balaban J connectivity index is 1.56. The minimum atomic E-state index is -0.574. The lowest BCUT2D eigenvalue weighted by atomic mass is 10.0. The number of aromatic amines is 1. The summed E-state index contributed by atoms with van der Waals surface area (Å²) in [7, 11) is 1.63. The van der Waals surface area contributed by atoms with Gasteiger partial charge in [0.1, 0.15) is 28.9 Å². The van der Waals surface area contributed by atoms with Crippen molar-refractivity contribution >= 4 is 28.0 Å². The van der Waals surface area contributed by atoms with Crippen LogP contribution in [0, 0.1) is 0 Å². The Hall–Kier alpha value is -4.12. The zero-order chi connectivity index (χ0) is 23.8. The molecule has 4 heterocycles. The molecule has 4 aromatic rings. The second-order valence-corrected chi connectivity index (χ2v) is 8.47. The van der Waals surface area contributed by atoms with Crippen LogP contribution in [0.4, 0.5) is 10.9 Å². The fourth-order valence-electron chi connectivity index (χ4n) is 3.98. The number of nitrogen functional groups attached to an aromatic ring is 1. The van der Waals surface area contributed by atoms with E-state index in [2.05, 4.69) is 9.97 Å². The summed E-state index contributed by atoms with van der Waals surface area (Å²) in [6.07, 6.45) is 2.23. The lowest BCUT2D eigenvalue weighted by Gasteiger charge is -2.18. The minimum Gasteiger partial charge on any atom is -0.497 e. The number of anilines is 2. The molecule has 1 aromatic carbocycles. The molecule has 174 valence electrons. The van der Waals surface area contributed by atoms with E-state index in [0.717, 1.165) is 22.8 Å². The number of furan rings is 1. The summed E-state index contributed by atoms with van der Waals surface area (Å²) in [6.45, 7) is 2.10. The van der Waals surface area contributed by atoms with Gasteiger partial charge in [0.15, 0.2) is 0 Å². The van der Waals surface area contributed by atoms with Crippen LogP contribution in [0.5, 0.6) is 5.75 Å². The van der Waals surface area contributed by atoms with Crippen LogP contribution in [0.15, 0.2) is 67.1 Å². The first-order chi connectivity index (χ1) is 16.5. The highest BCUT2D eigenvalue weighted by atomic mass is 32.1. The standard InChI is InChI=1S/C23H22N6O4S/c1-3-28-20(24)19(21(30)26-22(28)31)16-12-34-23(25-16)29-17(18-5-4-10-33-18)11-15(27-29)13-6-8-14(32-2)9-7-13/h4-10,12,17H,3,11,24H2,1-2H3,(H,26,30,31)/t17-/m1/s1. The molecular formula is C23H22N6O4S. The van der Waals surface area contributed by atoms with Crippen LogP contribution in [0.25, 0.3) is 11.3 Å². The van der Waals surface area contributed by atoms with Crippen molar-refractivity contribution in [3.05, 3.63) is 80.2 Å². The van der Waals surface area contributed by atoms with Gasteiger partial charge in [-0.05, 0) is 48.9 Å². The molecule has 10 nitrogen and oxygen atoms in total. The van der Waals surface area contributed by atoms with E-state index in [1.807, 2.05) is 36.4 Å². The minimum absolute atomic E-state index is 0.0829. The third-order valence-electron chi connectivity index (χ3n) is 5.71. The number of aromatic nitrogens is 3. The number of hydrogen-bond acceptors (Lipinski definition) is 9. The van der Waals surface area contributed by atoms with Gasteiger partial charge >= 0.3 is 5.69 Å². The van der Waals surface area contributed by atoms with E-state index in [4.69, 9.17) is 20.0 Å². The van der Waals surface area contributed by atoms with Gasteiger partial charge in [0.05, 0.1) is 24.8 Å². The van der Waals surface area contributed by atoms with Gasteiger partial charge in [-0.1, -0.05) is 0 Å². The molecule has 1 aliphatic heterocycles. The van der Waals surface area contributed by atoms with Crippen molar-refractivity contribution in [2.24, 2.45) is 5.10 Å². The van der Waals surface area contributed by atoms with Crippen molar-refractivity contribution < 1.29 is 9.15 Å². The van der Waals surface area contributed by atoms with Gasteiger partial charge in [0.2, 0.25) is 5.13 Å². The maximum atomic E-state index is 12.5. The Kier molecular flexibility index (Phi) is 5.54. The van der Waals surface area contributed by atoms with Gasteiger partial charge < -0.3 is 14.9 Å². The summed E-state index contributed by atoms with van der Waals surface area (Å²) < 4.78 is 12.3. The average molecular weight is 479 g/mol. The van der Waals surface area contributed by atoms with Crippen molar-refractivity contribution in [1.82, 2.24) is 14.5 Å². The summed E-state index contributed by atoms with van der Waals surface area (Å²) >= 11 is 1.33. The normalized spacial score (nSPS) is 15.5.